The topological polar surface area (TPSA) is 63.3 Å². The van der Waals surface area contributed by atoms with Crippen molar-refractivity contribution < 1.29 is 14.3 Å². The molecule has 0 aliphatic rings. The monoisotopic (exact) mass is 393 g/mol. The zero-order valence-corrected chi connectivity index (χ0v) is 13.4. The van der Waals surface area contributed by atoms with Gasteiger partial charge in [0.05, 0.1) is 18.8 Å². The number of aromatic nitrogens is 1. The number of carboxylic acids is 1. The van der Waals surface area contributed by atoms with Crippen LogP contribution >= 0.6 is 43.2 Å². The van der Waals surface area contributed by atoms with Gasteiger partial charge in [-0.05, 0) is 44.3 Å². The van der Waals surface area contributed by atoms with E-state index in [1.807, 2.05) is 13.0 Å². The van der Waals surface area contributed by atoms with Crippen molar-refractivity contribution >= 4 is 49.2 Å². The lowest BCUT2D eigenvalue weighted by Gasteiger charge is -1.91. The van der Waals surface area contributed by atoms with E-state index in [1.54, 1.807) is 0 Å². The van der Waals surface area contributed by atoms with E-state index in [0.717, 1.165) is 19.6 Å². The summed E-state index contributed by atoms with van der Waals surface area (Å²) in [6.07, 6.45) is 1.41. The Morgan fingerprint density at radius 3 is 2.78 bits per heavy atom. The minimum Gasteiger partial charge on any atom is -0.475 e. The van der Waals surface area contributed by atoms with Crippen LogP contribution in [0.2, 0.25) is 0 Å². The molecular weight excluding hydrogens is 386 g/mol. The van der Waals surface area contributed by atoms with Gasteiger partial charge in [-0.25, -0.2) is 9.78 Å². The summed E-state index contributed by atoms with van der Waals surface area (Å²) in [6.45, 7) is 1.97. The van der Waals surface area contributed by atoms with Gasteiger partial charge in [0.15, 0.2) is 0 Å². The first-order valence-corrected chi connectivity index (χ1v) is 7.61. The number of halogens is 2. The molecule has 0 aliphatic heterocycles. The average Bonchev–Trinajstić information content (AvgIpc) is 2.83. The van der Waals surface area contributed by atoms with Crippen molar-refractivity contribution in [2.45, 2.75) is 19.8 Å². The third kappa shape index (κ3) is 2.67. The number of carboxylic acid groups (broad SMARTS) is 1. The third-order valence-corrected chi connectivity index (χ3v) is 4.60. The summed E-state index contributed by atoms with van der Waals surface area (Å²) in [6, 6.07) is 1.85. The molecule has 18 heavy (non-hydrogen) atoms. The fraction of sp³-hybridized carbons (Fsp3) is 0.273. The Balaban J connectivity index is 2.49. The predicted molar refractivity (Wildman–Crippen MR) is 76.2 cm³/mol. The van der Waals surface area contributed by atoms with Crippen LogP contribution in [0, 0.1) is 0 Å². The molecule has 2 aromatic heterocycles. The molecule has 0 atom stereocenters. The third-order valence-electron chi connectivity index (χ3n) is 2.27. The van der Waals surface area contributed by atoms with Gasteiger partial charge >= 0.3 is 5.97 Å². The molecule has 0 fully saturated rings. The summed E-state index contributed by atoms with van der Waals surface area (Å²) in [4.78, 5) is 15.4. The number of carbonyl (C=O) groups is 1. The molecule has 2 rings (SSSR count). The molecule has 0 aromatic carbocycles. The first-order valence-electron chi connectivity index (χ1n) is 5.21. The lowest BCUT2D eigenvalue weighted by molar-refractivity contribution is 0.0661. The zero-order valence-electron chi connectivity index (χ0n) is 9.37. The lowest BCUT2D eigenvalue weighted by Crippen LogP contribution is -1.99. The largest absolute Gasteiger partial charge is 0.475 e. The van der Waals surface area contributed by atoms with E-state index in [0.29, 0.717) is 18.0 Å². The van der Waals surface area contributed by atoms with Gasteiger partial charge in [-0.15, -0.1) is 11.3 Å². The van der Waals surface area contributed by atoms with E-state index >= 15 is 0 Å². The van der Waals surface area contributed by atoms with Crippen molar-refractivity contribution in [3.8, 4) is 11.5 Å². The van der Waals surface area contributed by atoms with Gasteiger partial charge < -0.3 is 9.52 Å². The average molecular weight is 395 g/mol. The Hall–Kier alpha value is -0.660. The molecule has 7 heteroatoms. The number of thiophene rings is 1. The van der Waals surface area contributed by atoms with Gasteiger partial charge in [0.25, 0.3) is 0 Å². The van der Waals surface area contributed by atoms with Crippen molar-refractivity contribution in [1.82, 2.24) is 4.98 Å². The molecule has 0 amide bonds. The molecule has 0 aliphatic carbocycles. The molecular formula is C11H9Br2NO3S. The van der Waals surface area contributed by atoms with Crippen LogP contribution in [0.4, 0.5) is 0 Å². The normalized spacial score (nSPS) is 10.8. The standard InChI is InChI=1S/C11H9Br2NO3S/c1-2-3-6-8(11(15)16)17-10(14-6)5-4-7(12)18-9(5)13/h4H,2-3H2,1H3,(H,15,16). The number of rotatable bonds is 4. The van der Waals surface area contributed by atoms with Gasteiger partial charge in [0.2, 0.25) is 11.7 Å². The molecule has 0 saturated heterocycles. The molecule has 0 bridgehead atoms. The van der Waals surface area contributed by atoms with Crippen molar-refractivity contribution in [2.24, 2.45) is 0 Å². The second kappa shape index (κ2) is 5.54. The molecule has 2 heterocycles. The predicted octanol–water partition coefficient (Wildman–Crippen LogP) is 4.58. The maximum Gasteiger partial charge on any atom is 0.373 e. The first-order chi connectivity index (χ1) is 8.52. The van der Waals surface area contributed by atoms with Crippen LogP contribution in [0.5, 0.6) is 0 Å². The Labute approximate surface area is 124 Å². The molecule has 2 aromatic rings. The second-order valence-electron chi connectivity index (χ2n) is 3.59. The lowest BCUT2D eigenvalue weighted by atomic mass is 10.2. The van der Waals surface area contributed by atoms with Gasteiger partial charge in [-0.2, -0.15) is 0 Å². The first kappa shape index (κ1) is 13.8. The number of aromatic carboxylic acids is 1. The Bertz CT molecular complexity index is 591. The van der Waals surface area contributed by atoms with E-state index in [1.165, 1.54) is 11.3 Å². The Morgan fingerprint density at radius 1 is 1.56 bits per heavy atom. The van der Waals surface area contributed by atoms with E-state index in [2.05, 4.69) is 36.8 Å². The fourth-order valence-corrected chi connectivity index (χ4v) is 4.30. The summed E-state index contributed by atoms with van der Waals surface area (Å²) >= 11 is 8.26. The molecule has 4 nitrogen and oxygen atoms in total. The second-order valence-corrected chi connectivity index (χ2v) is 7.34. The van der Waals surface area contributed by atoms with E-state index in [9.17, 15) is 4.79 Å². The molecule has 0 spiro atoms. The van der Waals surface area contributed by atoms with Crippen LogP contribution in [-0.4, -0.2) is 16.1 Å². The van der Waals surface area contributed by atoms with Crippen molar-refractivity contribution in [3.63, 3.8) is 0 Å². The van der Waals surface area contributed by atoms with Crippen LogP contribution in [0.15, 0.2) is 18.1 Å². The Kier molecular flexibility index (Phi) is 4.24. The molecule has 96 valence electrons. The highest BCUT2D eigenvalue weighted by molar-refractivity contribution is 9.12. The fourth-order valence-electron chi connectivity index (χ4n) is 1.53. The minimum absolute atomic E-state index is 0.0685. The molecule has 1 N–H and O–H groups in total. The number of oxazole rings is 1. The zero-order chi connectivity index (χ0) is 13.3. The molecule has 0 saturated carbocycles. The highest BCUT2D eigenvalue weighted by Crippen LogP contribution is 2.38. The van der Waals surface area contributed by atoms with E-state index in [-0.39, 0.29) is 5.76 Å². The molecule has 0 unspecified atom stereocenters. The van der Waals surface area contributed by atoms with E-state index in [4.69, 9.17) is 9.52 Å². The van der Waals surface area contributed by atoms with Crippen molar-refractivity contribution in [3.05, 3.63) is 25.1 Å². The number of aryl methyl sites for hydroxylation is 1. The van der Waals surface area contributed by atoms with Crippen LogP contribution < -0.4 is 0 Å². The van der Waals surface area contributed by atoms with Crippen LogP contribution in [0.25, 0.3) is 11.5 Å². The summed E-state index contributed by atoms with van der Waals surface area (Å²) in [5, 5.41) is 9.07. The van der Waals surface area contributed by atoms with Crippen molar-refractivity contribution in [1.29, 1.82) is 0 Å². The number of hydrogen-bond acceptors (Lipinski definition) is 4. The van der Waals surface area contributed by atoms with E-state index < -0.39 is 5.97 Å². The number of hydrogen-bond donors (Lipinski definition) is 1. The SMILES string of the molecule is CCCc1nc(-c2cc(Br)sc2Br)oc1C(=O)O. The highest BCUT2D eigenvalue weighted by atomic mass is 79.9. The van der Waals surface area contributed by atoms with Crippen molar-refractivity contribution in [2.75, 3.05) is 0 Å². The highest BCUT2D eigenvalue weighted by Gasteiger charge is 2.21. The summed E-state index contributed by atoms with van der Waals surface area (Å²) in [7, 11) is 0. The smallest absolute Gasteiger partial charge is 0.373 e. The maximum absolute atomic E-state index is 11.1. The van der Waals surface area contributed by atoms with Gasteiger partial charge in [-0.3, -0.25) is 0 Å². The van der Waals surface area contributed by atoms with Crippen LogP contribution in [0.3, 0.4) is 0 Å². The van der Waals surface area contributed by atoms with Crippen LogP contribution in [-0.2, 0) is 6.42 Å². The van der Waals surface area contributed by atoms with Crippen LogP contribution in [0.1, 0.15) is 29.6 Å². The van der Waals surface area contributed by atoms with Gasteiger partial charge in [0.1, 0.15) is 0 Å². The quantitative estimate of drug-likeness (QED) is 0.824. The Morgan fingerprint density at radius 2 is 2.28 bits per heavy atom. The van der Waals surface area contributed by atoms with Gasteiger partial charge in [0, 0.05) is 0 Å². The minimum atomic E-state index is -1.08. The van der Waals surface area contributed by atoms with Gasteiger partial charge in [-0.1, -0.05) is 13.3 Å². The summed E-state index contributed by atoms with van der Waals surface area (Å²) in [5.74, 6) is -0.812. The maximum atomic E-state index is 11.1. The molecule has 0 radical (unpaired) electrons. The number of nitrogens with zero attached hydrogens (tertiary/aromatic N) is 1. The summed E-state index contributed by atoms with van der Waals surface area (Å²) in [5.41, 5.74) is 1.26. The summed E-state index contributed by atoms with van der Waals surface area (Å²) < 4.78 is 7.14.